The molecular formula is C16H19NO. The fourth-order valence-corrected chi connectivity index (χ4v) is 3.31. The van der Waals surface area contributed by atoms with Crippen LogP contribution in [0.1, 0.15) is 58.8 Å². The number of H-pyrrole nitrogens is 1. The van der Waals surface area contributed by atoms with Crippen molar-refractivity contribution in [2.45, 2.75) is 45.4 Å². The molecular weight excluding hydrogens is 222 g/mol. The Bertz CT molecular complexity index is 603. The fraction of sp³-hybridized carbons (Fsp3) is 0.438. The van der Waals surface area contributed by atoms with Crippen LogP contribution >= 0.6 is 0 Å². The van der Waals surface area contributed by atoms with E-state index in [9.17, 15) is 4.79 Å². The second-order valence-electron chi connectivity index (χ2n) is 5.50. The monoisotopic (exact) mass is 241 g/mol. The summed E-state index contributed by atoms with van der Waals surface area (Å²) in [6.45, 7) is 4.19. The van der Waals surface area contributed by atoms with Crippen LogP contribution in [0.4, 0.5) is 0 Å². The lowest BCUT2D eigenvalue weighted by atomic mass is 9.97. The molecule has 1 aliphatic carbocycles. The van der Waals surface area contributed by atoms with Crippen LogP contribution in [0.3, 0.4) is 0 Å². The van der Waals surface area contributed by atoms with Crippen LogP contribution in [0, 0.1) is 13.8 Å². The van der Waals surface area contributed by atoms with Gasteiger partial charge in [0.05, 0.1) is 0 Å². The molecule has 2 aromatic rings. The molecule has 0 atom stereocenters. The maximum absolute atomic E-state index is 11.5. The highest BCUT2D eigenvalue weighted by Gasteiger charge is 2.24. The molecule has 2 heteroatoms. The van der Waals surface area contributed by atoms with Gasteiger partial charge in [0, 0.05) is 22.2 Å². The molecule has 0 radical (unpaired) electrons. The van der Waals surface area contributed by atoms with Gasteiger partial charge in [-0.05, 0) is 43.7 Å². The average molecular weight is 241 g/mol. The summed E-state index contributed by atoms with van der Waals surface area (Å²) >= 11 is 0. The van der Waals surface area contributed by atoms with Gasteiger partial charge in [-0.1, -0.05) is 25.0 Å². The molecule has 1 fully saturated rings. The largest absolute Gasteiger partial charge is 0.357 e. The maximum atomic E-state index is 11.5. The number of hydrogen-bond donors (Lipinski definition) is 1. The highest BCUT2D eigenvalue weighted by Crippen LogP contribution is 2.38. The van der Waals surface area contributed by atoms with E-state index >= 15 is 0 Å². The summed E-state index contributed by atoms with van der Waals surface area (Å²) in [5.41, 5.74) is 5.65. The van der Waals surface area contributed by atoms with E-state index in [1.165, 1.54) is 42.5 Å². The lowest BCUT2D eigenvalue weighted by Gasteiger charge is -2.07. The highest BCUT2D eigenvalue weighted by molar-refractivity contribution is 6.02. The first-order chi connectivity index (χ1) is 8.72. The molecule has 1 N–H and O–H groups in total. The Labute approximate surface area is 107 Å². The van der Waals surface area contributed by atoms with Crippen LogP contribution in [-0.2, 0) is 0 Å². The predicted octanol–water partition coefficient (Wildman–Crippen LogP) is 4.25. The normalized spacial score (nSPS) is 16.6. The zero-order valence-corrected chi connectivity index (χ0v) is 11.0. The molecule has 18 heavy (non-hydrogen) atoms. The summed E-state index contributed by atoms with van der Waals surface area (Å²) < 4.78 is 0. The molecule has 0 saturated heterocycles. The first-order valence-electron chi connectivity index (χ1n) is 6.79. The smallest absolute Gasteiger partial charge is 0.152 e. The van der Waals surface area contributed by atoms with Gasteiger partial charge in [-0.2, -0.15) is 0 Å². The molecule has 0 spiro atoms. The number of nitrogens with one attached hydrogen (secondary N) is 1. The molecule has 1 heterocycles. The fourth-order valence-electron chi connectivity index (χ4n) is 3.31. The van der Waals surface area contributed by atoms with Crippen molar-refractivity contribution in [2.75, 3.05) is 0 Å². The third kappa shape index (κ3) is 1.59. The zero-order valence-electron chi connectivity index (χ0n) is 11.0. The first kappa shape index (κ1) is 11.5. The summed E-state index contributed by atoms with van der Waals surface area (Å²) in [4.78, 5) is 15.0. The third-order valence-electron chi connectivity index (χ3n) is 4.32. The van der Waals surface area contributed by atoms with E-state index in [-0.39, 0.29) is 0 Å². The van der Waals surface area contributed by atoms with E-state index < -0.39 is 0 Å². The van der Waals surface area contributed by atoms with Crippen LogP contribution in [0.5, 0.6) is 0 Å². The molecule has 2 nitrogen and oxygen atoms in total. The highest BCUT2D eigenvalue weighted by atomic mass is 16.1. The number of rotatable bonds is 2. The molecule has 0 aliphatic heterocycles. The number of carbonyl (C=O) groups is 1. The second kappa shape index (κ2) is 4.27. The quantitative estimate of drug-likeness (QED) is 0.783. The minimum atomic E-state index is 0.552. The first-order valence-corrected chi connectivity index (χ1v) is 6.79. The number of fused-ring (bicyclic) bond motifs is 1. The Morgan fingerprint density at radius 2 is 1.83 bits per heavy atom. The van der Waals surface area contributed by atoms with Gasteiger partial charge in [-0.3, -0.25) is 4.79 Å². The average Bonchev–Trinajstić information content (AvgIpc) is 2.99. The van der Waals surface area contributed by atoms with Gasteiger partial charge >= 0.3 is 0 Å². The van der Waals surface area contributed by atoms with E-state index in [1.807, 2.05) is 0 Å². The Balaban J connectivity index is 2.29. The van der Waals surface area contributed by atoms with Crippen LogP contribution in [0.25, 0.3) is 10.9 Å². The number of aldehydes is 1. The predicted molar refractivity (Wildman–Crippen MR) is 74.4 cm³/mol. The van der Waals surface area contributed by atoms with Crippen molar-refractivity contribution in [3.05, 3.63) is 34.5 Å². The van der Waals surface area contributed by atoms with Gasteiger partial charge in [0.2, 0.25) is 0 Å². The van der Waals surface area contributed by atoms with E-state index in [1.54, 1.807) is 0 Å². The molecule has 1 saturated carbocycles. The van der Waals surface area contributed by atoms with E-state index in [2.05, 4.69) is 31.0 Å². The molecule has 0 amide bonds. The minimum absolute atomic E-state index is 0.552. The van der Waals surface area contributed by atoms with Crippen molar-refractivity contribution in [2.24, 2.45) is 0 Å². The summed E-state index contributed by atoms with van der Waals surface area (Å²) in [6, 6.07) is 4.23. The molecule has 1 aromatic carbocycles. The molecule has 1 aliphatic rings. The molecule has 94 valence electrons. The standard InChI is InChI=1S/C16H19NO/c1-10-7-8-11(2)15-14(10)13(9-18)16(17-15)12-5-3-4-6-12/h7-9,12,17H,3-6H2,1-2H3. The molecule has 3 rings (SSSR count). The SMILES string of the molecule is Cc1ccc(C)c2c(C=O)c(C3CCCC3)[nH]c12. The minimum Gasteiger partial charge on any atom is -0.357 e. The van der Waals surface area contributed by atoms with Crippen molar-refractivity contribution in [1.29, 1.82) is 0 Å². The van der Waals surface area contributed by atoms with Gasteiger partial charge in [0.1, 0.15) is 0 Å². The number of aryl methyl sites for hydroxylation is 2. The summed E-state index contributed by atoms with van der Waals surface area (Å²) in [7, 11) is 0. The lowest BCUT2D eigenvalue weighted by Crippen LogP contribution is -1.96. The van der Waals surface area contributed by atoms with Gasteiger partial charge < -0.3 is 4.98 Å². The van der Waals surface area contributed by atoms with Crippen LogP contribution in [-0.4, -0.2) is 11.3 Å². The summed E-state index contributed by atoms with van der Waals surface area (Å²) in [6.07, 6.45) is 6.04. The lowest BCUT2D eigenvalue weighted by molar-refractivity contribution is 0.112. The molecule has 1 aromatic heterocycles. The molecule has 0 unspecified atom stereocenters. The van der Waals surface area contributed by atoms with Crippen LogP contribution < -0.4 is 0 Å². The van der Waals surface area contributed by atoms with Gasteiger partial charge in [-0.25, -0.2) is 0 Å². The number of benzene rings is 1. The Morgan fingerprint density at radius 1 is 1.17 bits per heavy atom. The van der Waals surface area contributed by atoms with Crippen molar-refractivity contribution >= 4 is 17.2 Å². The number of aromatic amines is 1. The van der Waals surface area contributed by atoms with Gasteiger partial charge in [-0.15, -0.1) is 0 Å². The van der Waals surface area contributed by atoms with E-state index in [4.69, 9.17) is 0 Å². The topological polar surface area (TPSA) is 32.9 Å². The zero-order chi connectivity index (χ0) is 12.7. The molecule has 0 bridgehead atoms. The summed E-state index contributed by atoms with van der Waals surface area (Å²) in [5, 5.41) is 1.13. The number of aromatic nitrogens is 1. The Hall–Kier alpha value is -1.57. The van der Waals surface area contributed by atoms with Crippen molar-refractivity contribution in [3.8, 4) is 0 Å². The van der Waals surface area contributed by atoms with Crippen molar-refractivity contribution in [1.82, 2.24) is 4.98 Å². The third-order valence-corrected chi connectivity index (χ3v) is 4.32. The maximum Gasteiger partial charge on any atom is 0.152 e. The second-order valence-corrected chi connectivity index (χ2v) is 5.50. The van der Waals surface area contributed by atoms with E-state index in [0.29, 0.717) is 5.92 Å². The Kier molecular flexibility index (Phi) is 2.73. The van der Waals surface area contributed by atoms with E-state index in [0.717, 1.165) is 22.8 Å². The van der Waals surface area contributed by atoms with Crippen LogP contribution in [0.15, 0.2) is 12.1 Å². The van der Waals surface area contributed by atoms with Gasteiger partial charge in [0.25, 0.3) is 0 Å². The van der Waals surface area contributed by atoms with Crippen molar-refractivity contribution in [3.63, 3.8) is 0 Å². The van der Waals surface area contributed by atoms with Gasteiger partial charge in [0.15, 0.2) is 6.29 Å². The Morgan fingerprint density at radius 3 is 2.50 bits per heavy atom. The number of carbonyl (C=O) groups excluding carboxylic acids is 1. The van der Waals surface area contributed by atoms with Crippen LogP contribution in [0.2, 0.25) is 0 Å². The van der Waals surface area contributed by atoms with Crippen molar-refractivity contribution < 1.29 is 4.79 Å². The summed E-state index contributed by atoms with van der Waals surface area (Å²) in [5.74, 6) is 0.552. The number of hydrogen-bond acceptors (Lipinski definition) is 1.